The molecule has 0 bridgehead atoms. The highest BCUT2D eigenvalue weighted by molar-refractivity contribution is 6.13. The third-order valence-corrected chi connectivity index (χ3v) is 4.59. The van der Waals surface area contributed by atoms with Gasteiger partial charge in [0.05, 0.1) is 5.41 Å². The third-order valence-electron chi connectivity index (χ3n) is 4.59. The SMILES string of the molecule is CC1(C)C(=O)N(CN2CCCCC2=O)C(=O)c2ccccc21. The van der Waals surface area contributed by atoms with Crippen molar-refractivity contribution in [2.24, 2.45) is 0 Å². The number of piperidine rings is 1. The second kappa shape index (κ2) is 5.23. The second-order valence-corrected chi connectivity index (χ2v) is 6.46. The van der Waals surface area contributed by atoms with E-state index in [1.165, 1.54) is 4.90 Å². The lowest BCUT2D eigenvalue weighted by atomic mass is 9.77. The predicted molar refractivity (Wildman–Crippen MR) is 81.1 cm³/mol. The number of imide groups is 1. The van der Waals surface area contributed by atoms with Gasteiger partial charge in [-0.15, -0.1) is 0 Å². The summed E-state index contributed by atoms with van der Waals surface area (Å²) in [7, 11) is 0. The van der Waals surface area contributed by atoms with Gasteiger partial charge in [-0.1, -0.05) is 18.2 Å². The molecule has 22 heavy (non-hydrogen) atoms. The van der Waals surface area contributed by atoms with Gasteiger partial charge in [0.1, 0.15) is 6.67 Å². The molecule has 0 N–H and O–H groups in total. The monoisotopic (exact) mass is 300 g/mol. The van der Waals surface area contributed by atoms with Gasteiger partial charge < -0.3 is 4.90 Å². The van der Waals surface area contributed by atoms with E-state index < -0.39 is 5.41 Å². The van der Waals surface area contributed by atoms with E-state index in [0.717, 1.165) is 18.4 Å². The van der Waals surface area contributed by atoms with Crippen LogP contribution in [0.1, 0.15) is 49.0 Å². The number of hydrogen-bond acceptors (Lipinski definition) is 3. The second-order valence-electron chi connectivity index (χ2n) is 6.46. The zero-order valence-corrected chi connectivity index (χ0v) is 13.0. The van der Waals surface area contributed by atoms with Gasteiger partial charge in [0.2, 0.25) is 11.8 Å². The molecule has 2 aliphatic heterocycles. The molecule has 0 unspecified atom stereocenters. The molecule has 0 spiro atoms. The molecule has 0 aromatic heterocycles. The van der Waals surface area contributed by atoms with E-state index in [4.69, 9.17) is 0 Å². The van der Waals surface area contributed by atoms with Crippen molar-refractivity contribution in [3.8, 4) is 0 Å². The molecule has 0 aliphatic carbocycles. The molecule has 3 amide bonds. The number of benzene rings is 1. The maximum atomic E-state index is 12.8. The van der Waals surface area contributed by atoms with Crippen LogP contribution >= 0.6 is 0 Å². The van der Waals surface area contributed by atoms with Crippen LogP contribution in [-0.2, 0) is 15.0 Å². The molecule has 1 saturated heterocycles. The number of fused-ring (bicyclic) bond motifs is 1. The zero-order valence-electron chi connectivity index (χ0n) is 13.0. The molecule has 0 saturated carbocycles. The third kappa shape index (κ3) is 2.21. The molecule has 5 nitrogen and oxygen atoms in total. The summed E-state index contributed by atoms with van der Waals surface area (Å²) in [5.74, 6) is -0.531. The molecule has 2 heterocycles. The fourth-order valence-corrected chi connectivity index (χ4v) is 3.22. The van der Waals surface area contributed by atoms with Crippen LogP contribution in [0.3, 0.4) is 0 Å². The van der Waals surface area contributed by atoms with Gasteiger partial charge in [0, 0.05) is 18.5 Å². The molecule has 1 fully saturated rings. The van der Waals surface area contributed by atoms with Crippen LogP contribution in [0.5, 0.6) is 0 Å². The van der Waals surface area contributed by atoms with Crippen molar-refractivity contribution < 1.29 is 14.4 Å². The molecule has 2 aliphatic rings. The highest BCUT2D eigenvalue weighted by Gasteiger charge is 2.45. The first-order chi connectivity index (χ1) is 10.4. The lowest BCUT2D eigenvalue weighted by Gasteiger charge is -2.40. The Morgan fingerprint density at radius 1 is 1.09 bits per heavy atom. The zero-order chi connectivity index (χ0) is 15.9. The molecule has 0 radical (unpaired) electrons. The minimum absolute atomic E-state index is 0.0171. The summed E-state index contributed by atoms with van der Waals surface area (Å²) in [6, 6.07) is 7.21. The Hall–Kier alpha value is -2.17. The van der Waals surface area contributed by atoms with Crippen molar-refractivity contribution in [3.63, 3.8) is 0 Å². The quantitative estimate of drug-likeness (QED) is 0.784. The van der Waals surface area contributed by atoms with Crippen molar-refractivity contribution in [2.45, 2.75) is 38.5 Å². The van der Waals surface area contributed by atoms with E-state index in [9.17, 15) is 14.4 Å². The number of rotatable bonds is 2. The van der Waals surface area contributed by atoms with Crippen LogP contribution in [0, 0.1) is 0 Å². The predicted octanol–water partition coefficient (Wildman–Crippen LogP) is 1.92. The van der Waals surface area contributed by atoms with Crippen LogP contribution in [0.2, 0.25) is 0 Å². The molecule has 0 atom stereocenters. The highest BCUT2D eigenvalue weighted by atomic mass is 16.2. The topological polar surface area (TPSA) is 57.7 Å². The van der Waals surface area contributed by atoms with E-state index in [1.54, 1.807) is 17.0 Å². The van der Waals surface area contributed by atoms with E-state index in [2.05, 4.69) is 0 Å². The van der Waals surface area contributed by atoms with Crippen LogP contribution in [-0.4, -0.2) is 40.7 Å². The molecular weight excluding hydrogens is 280 g/mol. The molecule has 3 rings (SSSR count). The summed E-state index contributed by atoms with van der Waals surface area (Å²) < 4.78 is 0. The first-order valence-electron chi connectivity index (χ1n) is 7.66. The van der Waals surface area contributed by atoms with Crippen molar-refractivity contribution in [3.05, 3.63) is 35.4 Å². The summed E-state index contributed by atoms with van der Waals surface area (Å²) in [5, 5.41) is 0. The summed E-state index contributed by atoms with van der Waals surface area (Å²) in [6.07, 6.45) is 2.30. The average Bonchev–Trinajstić information content (AvgIpc) is 2.52. The van der Waals surface area contributed by atoms with Gasteiger partial charge in [-0.2, -0.15) is 0 Å². The Kier molecular flexibility index (Phi) is 3.51. The van der Waals surface area contributed by atoms with Gasteiger partial charge >= 0.3 is 0 Å². The standard InChI is InChI=1S/C17H20N2O3/c1-17(2)13-8-4-3-7-12(13)15(21)19(16(17)22)11-18-10-6-5-9-14(18)20/h3-4,7-8H,5-6,9-11H2,1-2H3. The number of hydrogen-bond donors (Lipinski definition) is 0. The van der Waals surface area contributed by atoms with Crippen molar-refractivity contribution in [2.75, 3.05) is 13.2 Å². The fourth-order valence-electron chi connectivity index (χ4n) is 3.22. The minimum Gasteiger partial charge on any atom is -0.324 e. The van der Waals surface area contributed by atoms with E-state index in [0.29, 0.717) is 18.5 Å². The van der Waals surface area contributed by atoms with E-state index in [1.807, 2.05) is 26.0 Å². The number of amides is 3. The largest absolute Gasteiger partial charge is 0.324 e. The van der Waals surface area contributed by atoms with Crippen molar-refractivity contribution in [1.29, 1.82) is 0 Å². The molecule has 116 valence electrons. The minimum atomic E-state index is -0.761. The van der Waals surface area contributed by atoms with E-state index in [-0.39, 0.29) is 24.4 Å². The average molecular weight is 300 g/mol. The van der Waals surface area contributed by atoms with E-state index >= 15 is 0 Å². The summed E-state index contributed by atoms with van der Waals surface area (Å²) in [5.41, 5.74) is 0.548. The van der Waals surface area contributed by atoms with Crippen LogP contribution in [0.4, 0.5) is 0 Å². The lowest BCUT2D eigenvalue weighted by molar-refractivity contribution is -0.141. The van der Waals surface area contributed by atoms with Gasteiger partial charge in [0.25, 0.3) is 5.91 Å². The highest BCUT2D eigenvalue weighted by Crippen LogP contribution is 2.34. The fraction of sp³-hybridized carbons (Fsp3) is 0.471. The van der Waals surface area contributed by atoms with Gasteiger partial charge in [-0.25, -0.2) is 0 Å². The summed E-state index contributed by atoms with van der Waals surface area (Å²) in [4.78, 5) is 40.2. The Morgan fingerprint density at radius 3 is 2.55 bits per heavy atom. The van der Waals surface area contributed by atoms with Gasteiger partial charge in [-0.3, -0.25) is 19.3 Å². The van der Waals surface area contributed by atoms with Gasteiger partial charge in [-0.05, 0) is 38.3 Å². The van der Waals surface area contributed by atoms with Crippen LogP contribution in [0.25, 0.3) is 0 Å². The smallest absolute Gasteiger partial charge is 0.262 e. The molecule has 1 aromatic rings. The Labute approximate surface area is 129 Å². The van der Waals surface area contributed by atoms with Crippen molar-refractivity contribution >= 4 is 17.7 Å². The van der Waals surface area contributed by atoms with Crippen molar-refractivity contribution in [1.82, 2.24) is 9.80 Å². The number of likely N-dealkylation sites (tertiary alicyclic amines) is 1. The molecule has 1 aromatic carbocycles. The maximum absolute atomic E-state index is 12.8. The Bertz CT molecular complexity index is 651. The molecular formula is C17H20N2O3. The van der Waals surface area contributed by atoms with Gasteiger partial charge in [0.15, 0.2) is 0 Å². The number of carbonyl (C=O) groups excluding carboxylic acids is 3. The first-order valence-corrected chi connectivity index (χ1v) is 7.66. The first kappa shape index (κ1) is 14.8. The summed E-state index contributed by atoms with van der Waals surface area (Å²) in [6.45, 7) is 4.32. The Balaban J connectivity index is 1.94. The van der Waals surface area contributed by atoms with Crippen LogP contribution < -0.4 is 0 Å². The van der Waals surface area contributed by atoms with Crippen LogP contribution in [0.15, 0.2) is 24.3 Å². The Morgan fingerprint density at radius 2 is 1.82 bits per heavy atom. The number of nitrogens with zero attached hydrogens (tertiary/aromatic N) is 2. The number of carbonyl (C=O) groups is 3. The maximum Gasteiger partial charge on any atom is 0.262 e. The molecule has 5 heteroatoms. The normalized spacial score (nSPS) is 21.1. The lowest BCUT2D eigenvalue weighted by Crippen LogP contribution is -2.56. The summed E-state index contributed by atoms with van der Waals surface area (Å²) >= 11 is 0.